The van der Waals surface area contributed by atoms with E-state index < -0.39 is 0 Å². The van der Waals surface area contributed by atoms with Crippen LogP contribution in [0.4, 0.5) is 5.69 Å². The number of para-hydroxylation sites is 1. The van der Waals surface area contributed by atoms with E-state index in [4.69, 9.17) is 4.42 Å². The Morgan fingerprint density at radius 2 is 2.11 bits per heavy atom. The summed E-state index contributed by atoms with van der Waals surface area (Å²) in [7, 11) is 0. The molecule has 1 aromatic heterocycles. The van der Waals surface area contributed by atoms with Gasteiger partial charge < -0.3 is 9.73 Å². The number of carbonyl (C=O) groups is 1. The van der Waals surface area contributed by atoms with Gasteiger partial charge in [0.1, 0.15) is 0 Å². The van der Waals surface area contributed by atoms with Crippen molar-refractivity contribution < 1.29 is 9.21 Å². The number of aromatic nitrogens is 2. The molecule has 0 bridgehead atoms. The fourth-order valence-electron chi connectivity index (χ4n) is 1.51. The van der Waals surface area contributed by atoms with Gasteiger partial charge in [-0.1, -0.05) is 18.2 Å². The standard InChI is InChI=1S/C13H13N3O2/c1-3-6-12(17)14-11-8-5-4-7-10(11)13-16-15-9(2)18-13/h3-8H,1-2H3,(H,14,17). The normalized spacial score (nSPS) is 10.8. The maximum absolute atomic E-state index is 11.5. The second-order valence-corrected chi connectivity index (χ2v) is 3.66. The van der Waals surface area contributed by atoms with Gasteiger partial charge in [0.15, 0.2) is 0 Å². The molecular weight excluding hydrogens is 230 g/mol. The number of nitrogens with one attached hydrogen (secondary N) is 1. The Hall–Kier alpha value is -2.43. The number of rotatable bonds is 3. The maximum Gasteiger partial charge on any atom is 0.249 e. The molecule has 0 spiro atoms. The minimum Gasteiger partial charge on any atom is -0.421 e. The Balaban J connectivity index is 2.34. The Kier molecular flexibility index (Phi) is 3.52. The number of allylic oxidation sites excluding steroid dienone is 1. The Morgan fingerprint density at radius 1 is 1.33 bits per heavy atom. The molecule has 1 amide bonds. The van der Waals surface area contributed by atoms with Crippen LogP contribution in [0.1, 0.15) is 12.8 Å². The molecule has 0 fully saturated rings. The summed E-state index contributed by atoms with van der Waals surface area (Å²) in [5.41, 5.74) is 1.35. The van der Waals surface area contributed by atoms with E-state index in [0.717, 1.165) is 0 Å². The highest BCUT2D eigenvalue weighted by Gasteiger charge is 2.11. The topological polar surface area (TPSA) is 68.0 Å². The van der Waals surface area contributed by atoms with Crippen LogP contribution in [-0.4, -0.2) is 16.1 Å². The first-order chi connectivity index (χ1) is 8.70. The van der Waals surface area contributed by atoms with Gasteiger partial charge in [-0.2, -0.15) is 0 Å². The van der Waals surface area contributed by atoms with E-state index in [1.807, 2.05) is 18.2 Å². The summed E-state index contributed by atoms with van der Waals surface area (Å²) < 4.78 is 5.36. The fourth-order valence-corrected chi connectivity index (χ4v) is 1.51. The smallest absolute Gasteiger partial charge is 0.249 e. The molecule has 2 aromatic rings. The van der Waals surface area contributed by atoms with E-state index >= 15 is 0 Å². The van der Waals surface area contributed by atoms with Gasteiger partial charge in [-0.25, -0.2) is 0 Å². The number of carbonyl (C=O) groups excluding carboxylic acids is 1. The van der Waals surface area contributed by atoms with Crippen molar-refractivity contribution in [3.63, 3.8) is 0 Å². The van der Waals surface area contributed by atoms with Gasteiger partial charge in [-0.15, -0.1) is 10.2 Å². The zero-order valence-corrected chi connectivity index (χ0v) is 10.2. The average Bonchev–Trinajstić information content (AvgIpc) is 2.77. The van der Waals surface area contributed by atoms with Crippen LogP contribution >= 0.6 is 0 Å². The van der Waals surface area contributed by atoms with Crippen molar-refractivity contribution in [2.75, 3.05) is 5.32 Å². The maximum atomic E-state index is 11.5. The van der Waals surface area contributed by atoms with Gasteiger partial charge >= 0.3 is 0 Å². The molecule has 0 saturated heterocycles. The van der Waals surface area contributed by atoms with Crippen molar-refractivity contribution >= 4 is 11.6 Å². The fraction of sp³-hybridized carbons (Fsp3) is 0.154. The zero-order valence-electron chi connectivity index (χ0n) is 10.2. The molecule has 92 valence electrons. The van der Waals surface area contributed by atoms with Gasteiger partial charge in [0.2, 0.25) is 17.7 Å². The number of hydrogen-bond acceptors (Lipinski definition) is 4. The third kappa shape index (κ3) is 2.63. The van der Waals surface area contributed by atoms with E-state index in [9.17, 15) is 4.79 Å². The second-order valence-electron chi connectivity index (χ2n) is 3.66. The van der Waals surface area contributed by atoms with E-state index in [1.165, 1.54) is 6.08 Å². The Morgan fingerprint density at radius 3 is 2.78 bits per heavy atom. The summed E-state index contributed by atoms with van der Waals surface area (Å²) >= 11 is 0. The SMILES string of the molecule is CC=CC(=O)Nc1ccccc1-c1nnc(C)o1. The minimum absolute atomic E-state index is 0.193. The highest BCUT2D eigenvalue weighted by atomic mass is 16.4. The molecule has 0 radical (unpaired) electrons. The van der Waals surface area contributed by atoms with E-state index in [-0.39, 0.29) is 5.91 Å². The predicted octanol–water partition coefficient (Wildman–Crippen LogP) is 2.56. The lowest BCUT2D eigenvalue weighted by Crippen LogP contribution is -2.08. The van der Waals surface area contributed by atoms with E-state index in [1.54, 1.807) is 26.0 Å². The molecule has 2 rings (SSSR count). The number of hydrogen-bond donors (Lipinski definition) is 1. The van der Waals surface area contributed by atoms with Gasteiger partial charge in [-0.3, -0.25) is 4.79 Å². The average molecular weight is 243 g/mol. The molecule has 5 heteroatoms. The lowest BCUT2D eigenvalue weighted by atomic mass is 10.1. The molecule has 1 N–H and O–H groups in total. The molecule has 18 heavy (non-hydrogen) atoms. The Bertz CT molecular complexity index is 587. The molecule has 5 nitrogen and oxygen atoms in total. The lowest BCUT2D eigenvalue weighted by Gasteiger charge is -2.06. The molecule has 0 aliphatic rings. The summed E-state index contributed by atoms with van der Waals surface area (Å²) in [4.78, 5) is 11.5. The first-order valence-electron chi connectivity index (χ1n) is 5.54. The van der Waals surface area contributed by atoms with Crippen LogP contribution in [0.2, 0.25) is 0 Å². The number of aryl methyl sites for hydroxylation is 1. The van der Waals surface area contributed by atoms with Crippen LogP contribution in [0.25, 0.3) is 11.5 Å². The molecule has 0 saturated carbocycles. The van der Waals surface area contributed by atoms with Crippen LogP contribution in [-0.2, 0) is 4.79 Å². The highest BCUT2D eigenvalue weighted by molar-refractivity contribution is 6.01. The summed E-state index contributed by atoms with van der Waals surface area (Å²) in [6.07, 6.45) is 3.13. The number of nitrogens with zero attached hydrogens (tertiary/aromatic N) is 2. The molecule has 0 aliphatic heterocycles. The number of amides is 1. The summed E-state index contributed by atoms with van der Waals surface area (Å²) in [5.74, 6) is 0.685. The van der Waals surface area contributed by atoms with E-state index in [2.05, 4.69) is 15.5 Å². The molecule has 0 atom stereocenters. The first kappa shape index (κ1) is 12.0. The van der Waals surface area contributed by atoms with Gasteiger partial charge in [0, 0.05) is 6.92 Å². The van der Waals surface area contributed by atoms with Crippen LogP contribution in [0.3, 0.4) is 0 Å². The molecular formula is C13H13N3O2. The largest absolute Gasteiger partial charge is 0.421 e. The molecule has 1 heterocycles. The third-order valence-corrected chi connectivity index (χ3v) is 2.26. The molecule has 0 aliphatic carbocycles. The quantitative estimate of drug-likeness (QED) is 0.841. The van der Waals surface area contributed by atoms with Crippen molar-refractivity contribution in [1.29, 1.82) is 0 Å². The van der Waals surface area contributed by atoms with Gasteiger partial charge in [0.05, 0.1) is 11.3 Å². The third-order valence-electron chi connectivity index (χ3n) is 2.26. The van der Waals surface area contributed by atoms with Crippen LogP contribution in [0, 0.1) is 6.92 Å². The Labute approximate surface area is 105 Å². The van der Waals surface area contributed by atoms with Crippen LogP contribution in [0.5, 0.6) is 0 Å². The molecule has 1 aromatic carbocycles. The summed E-state index contributed by atoms with van der Waals surface area (Å²) in [6, 6.07) is 7.28. The number of benzene rings is 1. The van der Waals surface area contributed by atoms with Crippen molar-refractivity contribution in [2.45, 2.75) is 13.8 Å². The first-order valence-corrected chi connectivity index (χ1v) is 5.54. The van der Waals surface area contributed by atoms with Crippen LogP contribution in [0.15, 0.2) is 40.8 Å². The molecule has 0 unspecified atom stereocenters. The minimum atomic E-state index is -0.193. The van der Waals surface area contributed by atoms with E-state index in [0.29, 0.717) is 23.0 Å². The van der Waals surface area contributed by atoms with Crippen molar-refractivity contribution in [3.05, 3.63) is 42.3 Å². The summed E-state index contributed by atoms with van der Waals surface area (Å²) in [6.45, 7) is 3.50. The second kappa shape index (κ2) is 5.27. The van der Waals surface area contributed by atoms with Crippen molar-refractivity contribution in [3.8, 4) is 11.5 Å². The van der Waals surface area contributed by atoms with Crippen molar-refractivity contribution in [1.82, 2.24) is 10.2 Å². The van der Waals surface area contributed by atoms with Gasteiger partial charge in [0.25, 0.3) is 0 Å². The predicted molar refractivity (Wildman–Crippen MR) is 67.9 cm³/mol. The zero-order chi connectivity index (χ0) is 13.0. The lowest BCUT2D eigenvalue weighted by molar-refractivity contribution is -0.111. The monoisotopic (exact) mass is 243 g/mol. The summed E-state index contributed by atoms with van der Waals surface area (Å²) in [5, 5.41) is 10.5. The van der Waals surface area contributed by atoms with Gasteiger partial charge in [-0.05, 0) is 25.1 Å². The van der Waals surface area contributed by atoms with Crippen molar-refractivity contribution in [2.24, 2.45) is 0 Å². The highest BCUT2D eigenvalue weighted by Crippen LogP contribution is 2.26. The van der Waals surface area contributed by atoms with Crippen LogP contribution < -0.4 is 5.32 Å². The number of anilines is 1.